The van der Waals surface area contributed by atoms with E-state index in [1.807, 2.05) is 0 Å². The van der Waals surface area contributed by atoms with Crippen LogP contribution in [0.1, 0.15) is 174 Å². The van der Waals surface area contributed by atoms with Crippen LogP contribution < -0.4 is 0 Å². The predicted octanol–water partition coefficient (Wildman–Crippen LogP) is 10.6. The second-order valence-electron chi connectivity index (χ2n) is 10.4. The molecule has 32 heavy (non-hydrogen) atoms. The summed E-state index contributed by atoms with van der Waals surface area (Å²) in [5.41, 5.74) is 0. The first-order valence-electron chi connectivity index (χ1n) is 14.8. The first-order chi connectivity index (χ1) is 15.7. The summed E-state index contributed by atoms with van der Waals surface area (Å²) in [6, 6.07) is 0. The second-order valence-corrected chi connectivity index (χ2v) is 10.4. The summed E-state index contributed by atoms with van der Waals surface area (Å²) < 4.78 is 4.68. The Morgan fingerprint density at radius 1 is 0.531 bits per heavy atom. The molecule has 1 unspecified atom stereocenters. The Kier molecular flexibility index (Phi) is 26.3. The molecule has 0 aromatic heterocycles. The fourth-order valence-corrected chi connectivity index (χ4v) is 4.76. The van der Waals surface area contributed by atoms with Crippen LogP contribution in [0.25, 0.3) is 0 Å². The van der Waals surface area contributed by atoms with E-state index in [4.69, 9.17) is 0 Å². The van der Waals surface area contributed by atoms with E-state index < -0.39 is 0 Å². The van der Waals surface area contributed by atoms with Crippen LogP contribution >= 0.6 is 0 Å². The number of methoxy groups -OCH3 is 1. The molecule has 0 aliphatic heterocycles. The molecule has 0 aliphatic carbocycles. The van der Waals surface area contributed by atoms with Gasteiger partial charge in [0.2, 0.25) is 0 Å². The lowest BCUT2D eigenvalue weighted by atomic mass is 9.95. The Hall–Kier alpha value is -0.530. The molecule has 0 aromatic carbocycles. The molecule has 0 aliphatic rings. The number of rotatable bonds is 26. The van der Waals surface area contributed by atoms with Crippen molar-refractivity contribution in [3.8, 4) is 0 Å². The van der Waals surface area contributed by atoms with Crippen molar-refractivity contribution in [3.05, 3.63) is 0 Å². The lowest BCUT2D eigenvalue weighted by Gasteiger charge is -2.11. The van der Waals surface area contributed by atoms with Gasteiger partial charge in [0, 0.05) is 6.42 Å². The molecule has 0 N–H and O–H groups in total. The van der Waals surface area contributed by atoms with Crippen molar-refractivity contribution in [2.45, 2.75) is 174 Å². The average Bonchev–Trinajstić information content (AvgIpc) is 2.80. The zero-order valence-electron chi connectivity index (χ0n) is 22.6. The molecule has 0 rings (SSSR count). The first-order valence-corrected chi connectivity index (χ1v) is 14.8. The van der Waals surface area contributed by atoms with Crippen LogP contribution in [-0.4, -0.2) is 13.1 Å². The quantitative estimate of drug-likeness (QED) is 0.0963. The molecule has 0 bridgehead atoms. The highest BCUT2D eigenvalue weighted by Crippen LogP contribution is 2.19. The lowest BCUT2D eigenvalue weighted by Crippen LogP contribution is -1.99. The Morgan fingerprint density at radius 2 is 0.844 bits per heavy atom. The maximum atomic E-state index is 11.1. The zero-order chi connectivity index (χ0) is 23.5. The first kappa shape index (κ1) is 31.5. The summed E-state index contributed by atoms with van der Waals surface area (Å²) in [6.07, 6.45) is 34.2. The highest BCUT2D eigenvalue weighted by atomic mass is 16.5. The molecule has 1 atom stereocenters. The lowest BCUT2D eigenvalue weighted by molar-refractivity contribution is -0.140. The molecule has 0 aromatic rings. The van der Waals surface area contributed by atoms with Gasteiger partial charge in [-0.1, -0.05) is 162 Å². The molecular weight excluding hydrogens is 392 g/mol. The topological polar surface area (TPSA) is 26.3 Å². The highest BCUT2D eigenvalue weighted by Gasteiger charge is 2.03. The number of hydrogen-bond donors (Lipinski definition) is 0. The number of carbonyl (C=O) groups is 1. The molecule has 0 fully saturated rings. The molecule has 0 heterocycles. The van der Waals surface area contributed by atoms with Crippen molar-refractivity contribution in [1.29, 1.82) is 0 Å². The van der Waals surface area contributed by atoms with Crippen LogP contribution in [0.15, 0.2) is 0 Å². The molecular formula is C30H60O2. The minimum Gasteiger partial charge on any atom is -0.469 e. The van der Waals surface area contributed by atoms with Crippen LogP contribution in [-0.2, 0) is 9.53 Å². The Labute approximate surface area is 203 Å². The van der Waals surface area contributed by atoms with Gasteiger partial charge in [-0.3, -0.25) is 4.79 Å². The van der Waals surface area contributed by atoms with E-state index in [9.17, 15) is 4.79 Å². The fraction of sp³-hybridized carbons (Fsp3) is 0.967. The van der Waals surface area contributed by atoms with Gasteiger partial charge in [0.25, 0.3) is 0 Å². The number of unbranched alkanes of at least 4 members (excludes halogenated alkanes) is 20. The van der Waals surface area contributed by atoms with Crippen molar-refractivity contribution in [3.63, 3.8) is 0 Å². The van der Waals surface area contributed by atoms with Crippen molar-refractivity contribution in [2.24, 2.45) is 5.92 Å². The Bertz CT molecular complexity index is 366. The van der Waals surface area contributed by atoms with Crippen molar-refractivity contribution in [1.82, 2.24) is 0 Å². The van der Waals surface area contributed by atoms with Gasteiger partial charge in [-0.2, -0.15) is 0 Å². The number of ether oxygens (including phenoxy) is 1. The van der Waals surface area contributed by atoms with Crippen molar-refractivity contribution >= 4 is 5.97 Å². The van der Waals surface area contributed by atoms with Gasteiger partial charge in [-0.25, -0.2) is 0 Å². The molecule has 0 saturated carbocycles. The zero-order valence-corrected chi connectivity index (χ0v) is 22.6. The average molecular weight is 453 g/mol. The van der Waals surface area contributed by atoms with E-state index >= 15 is 0 Å². The summed E-state index contributed by atoms with van der Waals surface area (Å²) in [5, 5.41) is 0. The molecule has 0 spiro atoms. The molecule has 0 radical (unpaired) electrons. The van der Waals surface area contributed by atoms with Gasteiger partial charge in [0.1, 0.15) is 0 Å². The van der Waals surface area contributed by atoms with Crippen LogP contribution in [0.2, 0.25) is 0 Å². The summed E-state index contributed by atoms with van der Waals surface area (Å²) >= 11 is 0. The third-order valence-corrected chi connectivity index (χ3v) is 7.11. The maximum absolute atomic E-state index is 11.1. The summed E-state index contributed by atoms with van der Waals surface area (Å²) in [5.74, 6) is 0.842. The minimum atomic E-state index is -0.0621. The van der Waals surface area contributed by atoms with E-state index in [1.165, 1.54) is 155 Å². The molecule has 192 valence electrons. The highest BCUT2D eigenvalue weighted by molar-refractivity contribution is 5.68. The van der Waals surface area contributed by atoms with Gasteiger partial charge in [-0.15, -0.1) is 0 Å². The van der Waals surface area contributed by atoms with Crippen LogP contribution in [0.3, 0.4) is 0 Å². The van der Waals surface area contributed by atoms with Crippen LogP contribution in [0.5, 0.6) is 0 Å². The van der Waals surface area contributed by atoms with E-state index in [0.717, 1.165) is 12.3 Å². The van der Waals surface area contributed by atoms with Gasteiger partial charge in [0.15, 0.2) is 0 Å². The van der Waals surface area contributed by atoms with Crippen molar-refractivity contribution < 1.29 is 9.53 Å². The van der Waals surface area contributed by atoms with Gasteiger partial charge in [-0.05, 0) is 12.3 Å². The molecule has 2 heteroatoms. The second kappa shape index (κ2) is 26.7. The molecule has 0 saturated heterocycles. The monoisotopic (exact) mass is 452 g/mol. The Morgan fingerprint density at radius 3 is 1.19 bits per heavy atom. The SMILES string of the molecule is CCCCCCCCCCCCCCCCCCC(C)CCCCCCCCC(=O)OC. The Balaban J connectivity index is 3.16. The standard InChI is InChI=1S/C30H60O2/c1-4-5-6-7-8-9-10-11-12-13-14-15-16-17-20-23-26-29(2)27-24-21-18-19-22-25-28-30(31)32-3/h29H,4-28H2,1-3H3. The van der Waals surface area contributed by atoms with E-state index in [0.29, 0.717) is 6.42 Å². The third-order valence-electron chi connectivity index (χ3n) is 7.11. The van der Waals surface area contributed by atoms with Crippen LogP contribution in [0, 0.1) is 5.92 Å². The van der Waals surface area contributed by atoms with Gasteiger partial charge >= 0.3 is 5.97 Å². The summed E-state index contributed by atoms with van der Waals surface area (Å²) in [6.45, 7) is 4.74. The van der Waals surface area contributed by atoms with E-state index in [2.05, 4.69) is 18.6 Å². The van der Waals surface area contributed by atoms with Crippen molar-refractivity contribution in [2.75, 3.05) is 7.11 Å². The molecule has 0 amide bonds. The van der Waals surface area contributed by atoms with E-state index in [-0.39, 0.29) is 5.97 Å². The summed E-state index contributed by atoms with van der Waals surface area (Å²) in [4.78, 5) is 11.1. The van der Waals surface area contributed by atoms with Gasteiger partial charge < -0.3 is 4.74 Å². The molecule has 2 nitrogen and oxygen atoms in total. The fourth-order valence-electron chi connectivity index (χ4n) is 4.76. The maximum Gasteiger partial charge on any atom is 0.305 e. The van der Waals surface area contributed by atoms with Gasteiger partial charge in [0.05, 0.1) is 7.11 Å². The minimum absolute atomic E-state index is 0.0621. The normalized spacial score (nSPS) is 12.2. The number of carbonyl (C=O) groups excluding carboxylic acids is 1. The number of hydrogen-bond acceptors (Lipinski definition) is 2. The smallest absolute Gasteiger partial charge is 0.305 e. The van der Waals surface area contributed by atoms with Crippen LogP contribution in [0.4, 0.5) is 0 Å². The third kappa shape index (κ3) is 25.7. The van der Waals surface area contributed by atoms with E-state index in [1.54, 1.807) is 0 Å². The predicted molar refractivity (Wildman–Crippen MR) is 142 cm³/mol. The largest absolute Gasteiger partial charge is 0.469 e. The number of esters is 1. The summed E-state index contributed by atoms with van der Waals surface area (Å²) in [7, 11) is 1.48.